The molecule has 1 aromatic carbocycles. The van der Waals surface area contributed by atoms with Crippen molar-refractivity contribution >= 4 is 40.7 Å². The highest BCUT2D eigenvalue weighted by Gasteiger charge is 2.19. The monoisotopic (exact) mass is 400 g/mol. The summed E-state index contributed by atoms with van der Waals surface area (Å²) >= 11 is 12.0. The number of carbonyl (C=O) groups excluding carboxylic acids is 2. The van der Waals surface area contributed by atoms with Crippen LogP contribution >= 0.6 is 23.2 Å². The third kappa shape index (κ3) is 7.11. The molecule has 6 nitrogen and oxygen atoms in total. The number of anilines is 1. The largest absolute Gasteiger partial charge is 0.355 e. The minimum Gasteiger partial charge on any atom is -0.355 e. The molecule has 0 aliphatic carbocycles. The van der Waals surface area contributed by atoms with E-state index in [2.05, 4.69) is 20.4 Å². The first-order valence-electron chi connectivity index (χ1n) is 8.94. The molecule has 26 heavy (non-hydrogen) atoms. The van der Waals surface area contributed by atoms with E-state index in [1.165, 1.54) is 0 Å². The molecule has 0 aromatic heterocycles. The van der Waals surface area contributed by atoms with Crippen LogP contribution in [0.25, 0.3) is 0 Å². The molecule has 144 valence electrons. The smallest absolute Gasteiger partial charge is 0.234 e. The number of halogens is 2. The Labute approximate surface area is 164 Å². The van der Waals surface area contributed by atoms with Crippen LogP contribution in [-0.2, 0) is 9.59 Å². The molecule has 2 N–H and O–H groups in total. The lowest BCUT2D eigenvalue weighted by Gasteiger charge is -2.34. The molecule has 0 spiro atoms. The van der Waals surface area contributed by atoms with Gasteiger partial charge in [-0.05, 0) is 24.6 Å². The molecule has 1 heterocycles. The van der Waals surface area contributed by atoms with Crippen LogP contribution in [-0.4, -0.2) is 67.4 Å². The summed E-state index contributed by atoms with van der Waals surface area (Å²) < 4.78 is 0. The van der Waals surface area contributed by atoms with Gasteiger partial charge in [0.2, 0.25) is 11.8 Å². The van der Waals surface area contributed by atoms with Crippen LogP contribution in [0.2, 0.25) is 10.0 Å². The summed E-state index contributed by atoms with van der Waals surface area (Å²) in [6.07, 6.45) is 1.34. The summed E-state index contributed by atoms with van der Waals surface area (Å²) in [4.78, 5) is 28.3. The summed E-state index contributed by atoms with van der Waals surface area (Å²) in [7, 11) is 0. The Morgan fingerprint density at radius 3 is 2.46 bits per heavy atom. The normalized spacial score (nSPS) is 15.7. The lowest BCUT2D eigenvalue weighted by atomic mass is 10.2. The van der Waals surface area contributed by atoms with E-state index in [1.807, 2.05) is 6.92 Å². The topological polar surface area (TPSA) is 64.7 Å². The predicted molar refractivity (Wildman–Crippen MR) is 106 cm³/mol. The quantitative estimate of drug-likeness (QED) is 0.703. The lowest BCUT2D eigenvalue weighted by Crippen LogP contribution is -2.49. The molecular weight excluding hydrogens is 375 g/mol. The van der Waals surface area contributed by atoms with Crippen LogP contribution in [0, 0.1) is 0 Å². The minimum absolute atomic E-state index is 0.0816. The van der Waals surface area contributed by atoms with Crippen LogP contribution in [0.3, 0.4) is 0 Å². The first kappa shape index (κ1) is 21.0. The van der Waals surface area contributed by atoms with Crippen LogP contribution in [0.15, 0.2) is 18.2 Å². The van der Waals surface area contributed by atoms with Crippen LogP contribution < -0.4 is 10.6 Å². The van der Waals surface area contributed by atoms with Crippen molar-refractivity contribution in [3.8, 4) is 0 Å². The molecule has 1 aliphatic heterocycles. The van der Waals surface area contributed by atoms with Gasteiger partial charge in [-0.25, -0.2) is 0 Å². The molecule has 0 bridgehead atoms. The molecule has 8 heteroatoms. The Morgan fingerprint density at radius 1 is 1.08 bits per heavy atom. The van der Waals surface area contributed by atoms with Crippen molar-refractivity contribution in [2.24, 2.45) is 0 Å². The maximum atomic E-state index is 12.1. The van der Waals surface area contributed by atoms with Crippen molar-refractivity contribution in [3.63, 3.8) is 0 Å². The van der Waals surface area contributed by atoms with Gasteiger partial charge in [-0.3, -0.25) is 14.5 Å². The Morgan fingerprint density at radius 2 is 1.77 bits per heavy atom. The zero-order valence-electron chi connectivity index (χ0n) is 15.1. The molecule has 1 aromatic rings. The highest BCUT2D eigenvalue weighted by atomic mass is 35.5. The second-order valence-electron chi connectivity index (χ2n) is 6.39. The van der Waals surface area contributed by atoms with Gasteiger partial charge in [-0.15, -0.1) is 0 Å². The Hall–Kier alpha value is -1.34. The van der Waals surface area contributed by atoms with Gasteiger partial charge in [0.25, 0.3) is 0 Å². The Bertz CT molecular complexity index is 619. The van der Waals surface area contributed by atoms with Crippen molar-refractivity contribution in [2.45, 2.75) is 19.8 Å². The highest BCUT2D eigenvalue weighted by Crippen LogP contribution is 2.25. The van der Waals surface area contributed by atoms with Gasteiger partial charge < -0.3 is 15.5 Å². The van der Waals surface area contributed by atoms with Gasteiger partial charge in [0, 0.05) is 50.7 Å². The van der Waals surface area contributed by atoms with Crippen molar-refractivity contribution in [2.75, 3.05) is 51.1 Å². The van der Waals surface area contributed by atoms with E-state index < -0.39 is 0 Å². The minimum atomic E-state index is -0.0875. The van der Waals surface area contributed by atoms with E-state index in [1.54, 1.807) is 18.2 Å². The average Bonchev–Trinajstić information content (AvgIpc) is 2.62. The number of benzene rings is 1. The van der Waals surface area contributed by atoms with Gasteiger partial charge in [-0.2, -0.15) is 0 Å². The number of carbonyl (C=O) groups is 2. The number of hydrogen-bond donors (Lipinski definition) is 2. The number of amides is 2. The fourth-order valence-corrected chi connectivity index (χ4v) is 3.10. The summed E-state index contributed by atoms with van der Waals surface area (Å²) in [6, 6.07) is 4.99. The molecule has 1 aliphatic rings. The van der Waals surface area contributed by atoms with E-state index in [4.69, 9.17) is 23.2 Å². The van der Waals surface area contributed by atoms with Crippen LogP contribution in [0.4, 0.5) is 5.69 Å². The number of rotatable bonds is 8. The van der Waals surface area contributed by atoms with E-state index >= 15 is 0 Å². The van der Waals surface area contributed by atoms with Crippen molar-refractivity contribution in [1.29, 1.82) is 0 Å². The second-order valence-corrected chi connectivity index (χ2v) is 7.23. The van der Waals surface area contributed by atoms with E-state index in [-0.39, 0.29) is 11.8 Å². The zero-order chi connectivity index (χ0) is 18.9. The number of piperazine rings is 1. The fourth-order valence-electron chi connectivity index (χ4n) is 2.76. The second kappa shape index (κ2) is 10.7. The molecule has 1 fully saturated rings. The van der Waals surface area contributed by atoms with Gasteiger partial charge in [-0.1, -0.05) is 30.1 Å². The first-order valence-corrected chi connectivity index (χ1v) is 9.70. The number of hydrogen-bond acceptors (Lipinski definition) is 4. The van der Waals surface area contributed by atoms with Crippen molar-refractivity contribution in [3.05, 3.63) is 28.2 Å². The third-order valence-electron chi connectivity index (χ3n) is 4.26. The maximum Gasteiger partial charge on any atom is 0.234 e. The summed E-state index contributed by atoms with van der Waals surface area (Å²) in [5.74, 6) is -0.00591. The van der Waals surface area contributed by atoms with Gasteiger partial charge in [0.05, 0.1) is 17.3 Å². The Balaban J connectivity index is 1.67. The molecule has 0 unspecified atom stereocenters. The molecule has 1 saturated heterocycles. The van der Waals surface area contributed by atoms with Crippen molar-refractivity contribution < 1.29 is 9.59 Å². The molecule has 0 saturated carbocycles. The predicted octanol–water partition coefficient (Wildman–Crippen LogP) is 2.47. The van der Waals surface area contributed by atoms with Gasteiger partial charge in [0.15, 0.2) is 0 Å². The fraction of sp³-hybridized carbons (Fsp3) is 0.556. The van der Waals surface area contributed by atoms with E-state index in [0.29, 0.717) is 35.2 Å². The van der Waals surface area contributed by atoms with Gasteiger partial charge in [0.1, 0.15) is 0 Å². The van der Waals surface area contributed by atoms with Crippen LogP contribution in [0.5, 0.6) is 0 Å². The lowest BCUT2D eigenvalue weighted by molar-refractivity contribution is -0.122. The molecule has 0 radical (unpaired) electrons. The summed E-state index contributed by atoms with van der Waals surface area (Å²) in [5, 5.41) is 6.70. The Kier molecular flexibility index (Phi) is 8.65. The average molecular weight is 401 g/mol. The molecule has 2 rings (SSSR count). The maximum absolute atomic E-state index is 12.1. The third-order valence-corrected chi connectivity index (χ3v) is 4.83. The molecule has 0 atom stereocenters. The standard InChI is InChI=1S/C18H26Cl2N4O2/c1-2-6-21-18(26)13-24-10-8-23(9-11-24)7-5-17(25)22-16-12-14(19)3-4-15(16)20/h3-4,12H,2,5-11,13H2,1H3,(H,21,26)(H,22,25). The van der Waals surface area contributed by atoms with Crippen LogP contribution in [0.1, 0.15) is 19.8 Å². The zero-order valence-corrected chi connectivity index (χ0v) is 16.6. The molecule has 2 amide bonds. The van der Waals surface area contributed by atoms with E-state index in [0.717, 1.165) is 39.1 Å². The summed E-state index contributed by atoms with van der Waals surface area (Å²) in [6.45, 7) is 7.27. The first-order chi connectivity index (χ1) is 12.5. The molecular formula is C18H26Cl2N4O2. The van der Waals surface area contributed by atoms with Gasteiger partial charge >= 0.3 is 0 Å². The number of nitrogens with zero attached hydrogens (tertiary/aromatic N) is 2. The number of nitrogens with one attached hydrogen (secondary N) is 2. The summed E-state index contributed by atoms with van der Waals surface area (Å²) in [5.41, 5.74) is 0.534. The van der Waals surface area contributed by atoms with Crippen molar-refractivity contribution in [1.82, 2.24) is 15.1 Å². The SMILES string of the molecule is CCCNC(=O)CN1CCN(CCC(=O)Nc2cc(Cl)ccc2Cl)CC1. The van der Waals surface area contributed by atoms with E-state index in [9.17, 15) is 9.59 Å². The highest BCUT2D eigenvalue weighted by molar-refractivity contribution is 6.35.